The zero-order valence-corrected chi connectivity index (χ0v) is 10.5. The second-order valence-electron chi connectivity index (χ2n) is 4.18. The molecule has 6 nitrogen and oxygen atoms in total. The molecule has 3 rings (SSSR count). The number of aromatic nitrogens is 4. The Bertz CT molecular complexity index is 751. The van der Waals surface area contributed by atoms with Crippen LogP contribution in [0.1, 0.15) is 10.4 Å². The molecule has 0 saturated heterocycles. The van der Waals surface area contributed by atoms with Gasteiger partial charge in [-0.2, -0.15) is 9.90 Å². The van der Waals surface area contributed by atoms with Gasteiger partial charge in [0.25, 0.3) is 0 Å². The number of amides is 1. The van der Waals surface area contributed by atoms with Crippen molar-refractivity contribution in [1.82, 2.24) is 20.0 Å². The minimum absolute atomic E-state index is 0.419. The lowest BCUT2D eigenvalue weighted by Gasteiger charge is -2.01. The summed E-state index contributed by atoms with van der Waals surface area (Å²) in [6.07, 6.45) is 5.06. The van der Waals surface area contributed by atoms with E-state index in [0.717, 1.165) is 5.56 Å². The first-order valence-electron chi connectivity index (χ1n) is 5.97. The summed E-state index contributed by atoms with van der Waals surface area (Å²) in [5, 5.41) is 8.55. The SMILES string of the molecule is NC(=O)c1cccc(-n2ncc(-c3cccnc3)n2)c1. The summed E-state index contributed by atoms with van der Waals surface area (Å²) in [4.78, 5) is 16.7. The van der Waals surface area contributed by atoms with E-state index in [1.54, 1.807) is 42.9 Å². The van der Waals surface area contributed by atoms with Gasteiger partial charge in [-0.3, -0.25) is 9.78 Å². The number of nitrogens with zero attached hydrogens (tertiary/aromatic N) is 4. The molecule has 98 valence electrons. The standard InChI is InChI=1S/C14H11N5O/c15-14(20)10-3-1-5-12(7-10)19-17-9-13(18-19)11-4-2-6-16-8-11/h1-9H,(H2,15,20). The number of nitrogens with two attached hydrogens (primary N) is 1. The molecule has 0 fully saturated rings. The third kappa shape index (κ3) is 2.26. The number of pyridine rings is 1. The second-order valence-corrected chi connectivity index (χ2v) is 4.18. The van der Waals surface area contributed by atoms with Crippen molar-refractivity contribution in [2.75, 3.05) is 0 Å². The molecule has 0 unspecified atom stereocenters. The molecule has 20 heavy (non-hydrogen) atoms. The monoisotopic (exact) mass is 265 g/mol. The van der Waals surface area contributed by atoms with Crippen LogP contribution in [0.5, 0.6) is 0 Å². The molecule has 0 aliphatic carbocycles. The Morgan fingerprint density at radius 3 is 2.80 bits per heavy atom. The maximum atomic E-state index is 11.2. The largest absolute Gasteiger partial charge is 0.366 e. The van der Waals surface area contributed by atoms with E-state index < -0.39 is 5.91 Å². The second kappa shape index (κ2) is 4.93. The number of hydrogen-bond acceptors (Lipinski definition) is 4. The number of primary amides is 1. The highest BCUT2D eigenvalue weighted by atomic mass is 16.1. The molecule has 0 radical (unpaired) electrons. The Balaban J connectivity index is 1.98. The lowest BCUT2D eigenvalue weighted by molar-refractivity contribution is 0.100. The highest BCUT2D eigenvalue weighted by Crippen LogP contribution is 2.15. The zero-order valence-electron chi connectivity index (χ0n) is 10.5. The van der Waals surface area contributed by atoms with Gasteiger partial charge in [0.2, 0.25) is 5.91 Å². The van der Waals surface area contributed by atoms with Gasteiger partial charge in [0.15, 0.2) is 0 Å². The molecule has 0 bridgehead atoms. The van der Waals surface area contributed by atoms with Crippen molar-refractivity contribution in [3.63, 3.8) is 0 Å². The van der Waals surface area contributed by atoms with Gasteiger partial charge >= 0.3 is 0 Å². The maximum absolute atomic E-state index is 11.2. The van der Waals surface area contributed by atoms with Gasteiger partial charge in [0.1, 0.15) is 5.69 Å². The molecular weight excluding hydrogens is 254 g/mol. The fourth-order valence-electron chi connectivity index (χ4n) is 1.82. The first kappa shape index (κ1) is 12.0. The van der Waals surface area contributed by atoms with E-state index in [9.17, 15) is 4.79 Å². The van der Waals surface area contributed by atoms with Crippen LogP contribution in [0.15, 0.2) is 55.0 Å². The average Bonchev–Trinajstić information content (AvgIpc) is 2.98. The third-order valence-corrected chi connectivity index (χ3v) is 2.81. The van der Waals surface area contributed by atoms with Gasteiger partial charge < -0.3 is 5.73 Å². The highest BCUT2D eigenvalue weighted by molar-refractivity contribution is 5.93. The van der Waals surface area contributed by atoms with Crippen LogP contribution in [0.3, 0.4) is 0 Å². The van der Waals surface area contributed by atoms with E-state index in [1.807, 2.05) is 12.1 Å². The maximum Gasteiger partial charge on any atom is 0.248 e. The van der Waals surface area contributed by atoms with Gasteiger partial charge in [-0.1, -0.05) is 6.07 Å². The molecule has 1 amide bonds. The Morgan fingerprint density at radius 1 is 1.15 bits per heavy atom. The van der Waals surface area contributed by atoms with Crippen molar-refractivity contribution in [3.05, 3.63) is 60.6 Å². The highest BCUT2D eigenvalue weighted by Gasteiger charge is 2.07. The van der Waals surface area contributed by atoms with Gasteiger partial charge in [0, 0.05) is 23.5 Å². The molecule has 0 aliphatic heterocycles. The quantitative estimate of drug-likeness (QED) is 0.776. The number of carbonyl (C=O) groups is 1. The molecule has 0 saturated carbocycles. The van der Waals surface area contributed by atoms with Crippen LogP contribution in [0.2, 0.25) is 0 Å². The molecule has 6 heteroatoms. The summed E-state index contributed by atoms with van der Waals surface area (Å²) >= 11 is 0. The van der Waals surface area contributed by atoms with Crippen molar-refractivity contribution in [1.29, 1.82) is 0 Å². The van der Waals surface area contributed by atoms with Crippen LogP contribution in [-0.2, 0) is 0 Å². The minimum atomic E-state index is -0.480. The fraction of sp³-hybridized carbons (Fsp3) is 0. The number of carbonyl (C=O) groups excluding carboxylic acids is 1. The van der Waals surface area contributed by atoms with Crippen LogP contribution in [-0.4, -0.2) is 25.9 Å². The van der Waals surface area contributed by atoms with Crippen LogP contribution in [0.4, 0.5) is 0 Å². The molecule has 2 N–H and O–H groups in total. The van der Waals surface area contributed by atoms with Crippen molar-refractivity contribution < 1.29 is 4.79 Å². The summed E-state index contributed by atoms with van der Waals surface area (Å²) in [6.45, 7) is 0. The summed E-state index contributed by atoms with van der Waals surface area (Å²) in [7, 11) is 0. The van der Waals surface area contributed by atoms with E-state index in [-0.39, 0.29) is 0 Å². The third-order valence-electron chi connectivity index (χ3n) is 2.81. The molecule has 0 aliphatic rings. The average molecular weight is 265 g/mol. The van der Waals surface area contributed by atoms with Gasteiger partial charge in [-0.05, 0) is 30.3 Å². The summed E-state index contributed by atoms with van der Waals surface area (Å²) in [5.74, 6) is -0.480. The summed E-state index contributed by atoms with van der Waals surface area (Å²) in [5.41, 5.74) is 7.95. The predicted molar refractivity (Wildman–Crippen MR) is 73.1 cm³/mol. The molecule has 2 heterocycles. The van der Waals surface area contributed by atoms with Crippen molar-refractivity contribution in [2.24, 2.45) is 5.73 Å². The lowest BCUT2D eigenvalue weighted by atomic mass is 10.2. The molecular formula is C14H11N5O. The zero-order chi connectivity index (χ0) is 13.9. The van der Waals surface area contributed by atoms with Crippen LogP contribution >= 0.6 is 0 Å². The minimum Gasteiger partial charge on any atom is -0.366 e. The Morgan fingerprint density at radius 2 is 2.05 bits per heavy atom. The van der Waals surface area contributed by atoms with E-state index >= 15 is 0 Å². The van der Waals surface area contributed by atoms with Crippen LogP contribution in [0.25, 0.3) is 16.9 Å². The summed E-state index contributed by atoms with van der Waals surface area (Å²) in [6, 6.07) is 10.6. The van der Waals surface area contributed by atoms with Gasteiger partial charge in [0.05, 0.1) is 11.9 Å². The van der Waals surface area contributed by atoms with E-state index in [1.165, 1.54) is 4.80 Å². The fourth-order valence-corrected chi connectivity index (χ4v) is 1.82. The van der Waals surface area contributed by atoms with Crippen LogP contribution < -0.4 is 5.73 Å². The number of rotatable bonds is 3. The smallest absolute Gasteiger partial charge is 0.248 e. The molecule has 0 atom stereocenters. The van der Waals surface area contributed by atoms with Crippen molar-refractivity contribution in [3.8, 4) is 16.9 Å². The van der Waals surface area contributed by atoms with Crippen molar-refractivity contribution in [2.45, 2.75) is 0 Å². The molecule has 2 aromatic heterocycles. The van der Waals surface area contributed by atoms with E-state index in [0.29, 0.717) is 16.9 Å². The predicted octanol–water partition coefficient (Wildman–Crippen LogP) is 1.43. The first-order valence-corrected chi connectivity index (χ1v) is 5.97. The number of benzene rings is 1. The number of hydrogen-bond donors (Lipinski definition) is 1. The Kier molecular flexibility index (Phi) is 2.96. The lowest BCUT2D eigenvalue weighted by Crippen LogP contribution is -2.11. The van der Waals surface area contributed by atoms with Gasteiger partial charge in [-0.15, -0.1) is 5.10 Å². The van der Waals surface area contributed by atoms with E-state index in [4.69, 9.17) is 5.73 Å². The van der Waals surface area contributed by atoms with Crippen molar-refractivity contribution >= 4 is 5.91 Å². The first-order chi connectivity index (χ1) is 9.74. The topological polar surface area (TPSA) is 86.7 Å². The van der Waals surface area contributed by atoms with Crippen LogP contribution in [0, 0.1) is 0 Å². The normalized spacial score (nSPS) is 10.4. The molecule has 3 aromatic rings. The molecule has 0 spiro atoms. The Hall–Kier alpha value is -3.02. The van der Waals surface area contributed by atoms with Gasteiger partial charge in [-0.25, -0.2) is 0 Å². The molecule has 1 aromatic carbocycles. The Labute approximate surface area is 114 Å². The summed E-state index contributed by atoms with van der Waals surface area (Å²) < 4.78 is 0. The van der Waals surface area contributed by atoms with E-state index in [2.05, 4.69) is 15.2 Å².